The molecular weight excluding hydrogens is 185 g/mol. The molecule has 0 fully saturated rings. The molecule has 0 atom stereocenters. The fourth-order valence-electron chi connectivity index (χ4n) is 1.46. The summed E-state index contributed by atoms with van der Waals surface area (Å²) in [6, 6.07) is 19.3. The Morgan fingerprint density at radius 1 is 0.667 bits per heavy atom. The van der Waals surface area contributed by atoms with E-state index in [4.69, 9.17) is 0 Å². The lowest BCUT2D eigenvalue weighted by atomic mass is 9.56. The van der Waals surface area contributed by atoms with E-state index in [1.807, 2.05) is 60.7 Å². The van der Waals surface area contributed by atoms with Gasteiger partial charge < -0.3 is 11.2 Å². The number of benzene rings is 2. The Kier molecular flexibility index (Phi) is 4.09. The average molecular weight is 199 g/mol. The van der Waals surface area contributed by atoms with E-state index in [1.54, 1.807) is 0 Å². The van der Waals surface area contributed by atoms with Crippen LogP contribution in [0.2, 0.25) is 0 Å². The Labute approximate surface area is 90.3 Å². The molecule has 2 aromatic rings. The zero-order valence-electron chi connectivity index (χ0n) is 8.51. The first-order valence-corrected chi connectivity index (χ1v) is 4.66. The molecular formula is C12H14BNO. The van der Waals surface area contributed by atoms with Gasteiger partial charge in [0.2, 0.25) is 0 Å². The lowest BCUT2D eigenvalue weighted by molar-refractivity contribution is 0.600. The summed E-state index contributed by atoms with van der Waals surface area (Å²) in [4.78, 5) is 0. The van der Waals surface area contributed by atoms with Crippen LogP contribution in [0.25, 0.3) is 0 Å². The Balaban J connectivity index is 0.00000112. The summed E-state index contributed by atoms with van der Waals surface area (Å²) in [6.07, 6.45) is 0. The zero-order valence-corrected chi connectivity index (χ0v) is 8.51. The van der Waals surface area contributed by atoms with Gasteiger partial charge in [-0.1, -0.05) is 60.7 Å². The van der Waals surface area contributed by atoms with E-state index in [1.165, 1.54) is 0 Å². The minimum Gasteiger partial charge on any atom is -0.443 e. The second-order valence-corrected chi connectivity index (χ2v) is 3.22. The molecule has 0 aliphatic rings. The molecule has 0 aliphatic carbocycles. The molecule has 2 rings (SSSR count). The molecule has 0 aliphatic heterocycles. The lowest BCUT2D eigenvalue weighted by Gasteiger charge is -2.05. The molecule has 0 spiro atoms. The van der Waals surface area contributed by atoms with E-state index in [9.17, 15) is 5.02 Å². The Morgan fingerprint density at radius 2 is 1.00 bits per heavy atom. The predicted molar refractivity (Wildman–Crippen MR) is 65.1 cm³/mol. The lowest BCUT2D eigenvalue weighted by Crippen LogP contribution is -2.41. The highest BCUT2D eigenvalue weighted by atomic mass is 16.2. The quantitative estimate of drug-likeness (QED) is 0.707. The van der Waals surface area contributed by atoms with Gasteiger partial charge >= 0.3 is 6.92 Å². The van der Waals surface area contributed by atoms with E-state index < -0.39 is 6.92 Å². The molecule has 15 heavy (non-hydrogen) atoms. The van der Waals surface area contributed by atoms with E-state index in [-0.39, 0.29) is 6.15 Å². The van der Waals surface area contributed by atoms with Crippen LogP contribution in [0.15, 0.2) is 60.7 Å². The van der Waals surface area contributed by atoms with Gasteiger partial charge in [-0.2, -0.15) is 0 Å². The van der Waals surface area contributed by atoms with Crippen LogP contribution in [0.3, 0.4) is 0 Å². The normalized spacial score (nSPS) is 9.13. The van der Waals surface area contributed by atoms with Gasteiger partial charge in [0.25, 0.3) is 0 Å². The summed E-state index contributed by atoms with van der Waals surface area (Å²) in [7, 11) is 0. The summed E-state index contributed by atoms with van der Waals surface area (Å²) >= 11 is 0. The van der Waals surface area contributed by atoms with Gasteiger partial charge in [-0.05, 0) is 10.9 Å². The van der Waals surface area contributed by atoms with Gasteiger partial charge in [-0.25, -0.2) is 0 Å². The third kappa shape index (κ3) is 2.69. The summed E-state index contributed by atoms with van der Waals surface area (Å²) < 4.78 is 0. The fraction of sp³-hybridized carbons (Fsp3) is 0. The molecule has 0 radical (unpaired) electrons. The standard InChI is InChI=1S/C12H11BO.H3N/c14-13(11-7-3-1-4-8-11)12-9-5-2-6-10-12;/h1-10,14H;1H3. The van der Waals surface area contributed by atoms with Gasteiger partial charge in [0.05, 0.1) is 0 Å². The minimum atomic E-state index is -0.516. The summed E-state index contributed by atoms with van der Waals surface area (Å²) in [6.45, 7) is -0.516. The topological polar surface area (TPSA) is 55.2 Å². The highest BCUT2D eigenvalue weighted by Crippen LogP contribution is 1.89. The molecule has 0 aromatic heterocycles. The van der Waals surface area contributed by atoms with Crippen molar-refractivity contribution in [3.63, 3.8) is 0 Å². The molecule has 0 amide bonds. The van der Waals surface area contributed by atoms with Crippen LogP contribution in [0.5, 0.6) is 0 Å². The van der Waals surface area contributed by atoms with Crippen molar-refractivity contribution in [2.24, 2.45) is 0 Å². The Hall–Kier alpha value is -1.58. The van der Waals surface area contributed by atoms with Gasteiger partial charge in [-0.3, -0.25) is 0 Å². The SMILES string of the molecule is N.OB(c1ccccc1)c1ccccc1. The van der Waals surface area contributed by atoms with Crippen molar-refractivity contribution >= 4 is 17.8 Å². The van der Waals surface area contributed by atoms with Crippen LogP contribution in [0.4, 0.5) is 0 Å². The first-order valence-electron chi connectivity index (χ1n) is 4.66. The van der Waals surface area contributed by atoms with Crippen LogP contribution < -0.4 is 17.1 Å². The highest BCUT2D eigenvalue weighted by Gasteiger charge is 2.14. The van der Waals surface area contributed by atoms with Gasteiger partial charge in [0.1, 0.15) is 0 Å². The smallest absolute Gasteiger partial charge is 0.358 e. The van der Waals surface area contributed by atoms with Crippen LogP contribution in [-0.4, -0.2) is 11.9 Å². The molecule has 0 bridgehead atoms. The van der Waals surface area contributed by atoms with Gasteiger partial charge in [0.15, 0.2) is 0 Å². The maximum atomic E-state index is 9.99. The molecule has 76 valence electrons. The molecule has 4 N–H and O–H groups in total. The Bertz CT molecular complexity index is 351. The van der Waals surface area contributed by atoms with Crippen LogP contribution in [0.1, 0.15) is 0 Å². The monoisotopic (exact) mass is 199 g/mol. The number of hydrogen-bond donors (Lipinski definition) is 2. The zero-order chi connectivity index (χ0) is 9.80. The minimum absolute atomic E-state index is 0. The summed E-state index contributed by atoms with van der Waals surface area (Å²) in [5.41, 5.74) is 1.86. The van der Waals surface area contributed by atoms with Crippen molar-refractivity contribution in [1.82, 2.24) is 6.15 Å². The van der Waals surface area contributed by atoms with E-state index >= 15 is 0 Å². The fourth-order valence-corrected chi connectivity index (χ4v) is 1.46. The van der Waals surface area contributed by atoms with Crippen molar-refractivity contribution in [3.05, 3.63) is 60.7 Å². The molecule has 0 heterocycles. The largest absolute Gasteiger partial charge is 0.443 e. The van der Waals surface area contributed by atoms with Crippen LogP contribution in [-0.2, 0) is 0 Å². The first kappa shape index (κ1) is 11.5. The van der Waals surface area contributed by atoms with Crippen LogP contribution in [0, 0.1) is 0 Å². The van der Waals surface area contributed by atoms with Crippen molar-refractivity contribution in [3.8, 4) is 0 Å². The van der Waals surface area contributed by atoms with E-state index in [2.05, 4.69) is 0 Å². The van der Waals surface area contributed by atoms with E-state index in [0.717, 1.165) is 10.9 Å². The van der Waals surface area contributed by atoms with E-state index in [0.29, 0.717) is 0 Å². The molecule has 2 nitrogen and oxygen atoms in total. The molecule has 0 saturated carbocycles. The summed E-state index contributed by atoms with van der Waals surface area (Å²) in [5.74, 6) is 0. The molecule has 0 unspecified atom stereocenters. The molecule has 0 saturated heterocycles. The summed E-state index contributed by atoms with van der Waals surface area (Å²) in [5, 5.41) is 9.99. The van der Waals surface area contributed by atoms with Crippen LogP contribution >= 0.6 is 0 Å². The predicted octanol–water partition coefficient (Wildman–Crippen LogP) is 0.947. The van der Waals surface area contributed by atoms with Crippen molar-refractivity contribution in [2.75, 3.05) is 0 Å². The third-order valence-electron chi connectivity index (χ3n) is 2.23. The van der Waals surface area contributed by atoms with Crippen molar-refractivity contribution in [2.45, 2.75) is 0 Å². The van der Waals surface area contributed by atoms with Crippen molar-refractivity contribution < 1.29 is 5.02 Å². The Morgan fingerprint density at radius 3 is 1.33 bits per heavy atom. The van der Waals surface area contributed by atoms with Crippen molar-refractivity contribution in [1.29, 1.82) is 0 Å². The molecule has 2 aromatic carbocycles. The number of rotatable bonds is 2. The second-order valence-electron chi connectivity index (χ2n) is 3.22. The van der Waals surface area contributed by atoms with Gasteiger partial charge in [-0.15, -0.1) is 0 Å². The highest BCUT2D eigenvalue weighted by molar-refractivity contribution is 6.78. The number of hydrogen-bond acceptors (Lipinski definition) is 2. The average Bonchev–Trinajstić information content (AvgIpc) is 2.30. The third-order valence-corrected chi connectivity index (χ3v) is 2.23. The maximum absolute atomic E-state index is 9.99. The first-order chi connectivity index (χ1) is 6.88. The van der Waals surface area contributed by atoms with Gasteiger partial charge in [0, 0.05) is 0 Å². The second kappa shape index (κ2) is 5.34. The molecule has 3 heteroatoms. The maximum Gasteiger partial charge on any atom is 0.358 e.